The standard InChI is InChI=1S/C31H37N3O2.BrH/c1-5-21-19-34(20-29(35)33-27-13-9-7-11-25(27)31(2,3)4)17-15-22(21)18-28(34)30(36)24-14-16-32-26-12-8-6-10-23(24)26;/h5-14,16,21-22,28,30,36H,1,15,17-20H2,2-4H3;1H/t21?,22?,28?,30?,34-;/m0./s1. The third kappa shape index (κ3) is 5.25. The molecule has 3 aromatic rings. The minimum Gasteiger partial charge on any atom is -1.00 e. The SMILES string of the molecule is C=CC1C[N@+]2(CC(=O)Nc3ccccc3C(C)(C)C)CCC1CC2C(O)c1ccnc2ccccc12.[Br-]. The molecule has 0 spiro atoms. The summed E-state index contributed by atoms with van der Waals surface area (Å²) in [7, 11) is 0. The average Bonchev–Trinajstić information content (AvgIpc) is 2.87. The normalized spacial score (nSPS) is 25.8. The molecule has 2 bridgehead atoms. The van der Waals surface area contributed by atoms with Crippen LogP contribution in [0.5, 0.6) is 0 Å². The number of carbonyl (C=O) groups excluding carboxylic acids is 1. The van der Waals surface area contributed by atoms with E-state index in [4.69, 9.17) is 0 Å². The van der Waals surface area contributed by atoms with E-state index >= 15 is 0 Å². The summed E-state index contributed by atoms with van der Waals surface area (Å²) < 4.78 is 0.592. The Balaban J connectivity index is 0.00000320. The lowest BCUT2D eigenvalue weighted by Gasteiger charge is -2.57. The van der Waals surface area contributed by atoms with E-state index < -0.39 is 6.10 Å². The van der Waals surface area contributed by atoms with Crippen LogP contribution < -0.4 is 22.3 Å². The van der Waals surface area contributed by atoms with Crippen LogP contribution >= 0.6 is 0 Å². The Bertz CT molecular complexity index is 1280. The van der Waals surface area contributed by atoms with Crippen LogP contribution in [0.3, 0.4) is 0 Å². The van der Waals surface area contributed by atoms with Crippen molar-refractivity contribution >= 4 is 22.5 Å². The first-order valence-corrected chi connectivity index (χ1v) is 13.1. The number of nitrogens with zero attached hydrogens (tertiary/aromatic N) is 2. The maximum absolute atomic E-state index is 13.6. The summed E-state index contributed by atoms with van der Waals surface area (Å²) in [6, 6.07) is 17.9. The van der Waals surface area contributed by atoms with Crippen LogP contribution in [-0.2, 0) is 10.2 Å². The Morgan fingerprint density at radius 1 is 1.19 bits per heavy atom. The van der Waals surface area contributed by atoms with Crippen LogP contribution in [0.1, 0.15) is 50.8 Å². The van der Waals surface area contributed by atoms with Gasteiger partial charge in [-0.05, 0) is 40.7 Å². The third-order valence-corrected chi connectivity index (χ3v) is 8.51. The molecule has 5 atom stereocenters. The molecule has 3 saturated heterocycles. The van der Waals surface area contributed by atoms with Gasteiger partial charge in [-0.25, -0.2) is 0 Å². The summed E-state index contributed by atoms with van der Waals surface area (Å²) in [4.78, 5) is 18.1. The van der Waals surface area contributed by atoms with Gasteiger partial charge in [0, 0.05) is 36.0 Å². The molecule has 1 amide bonds. The number of nitrogens with one attached hydrogen (secondary N) is 1. The molecule has 4 unspecified atom stereocenters. The number of aromatic nitrogens is 1. The molecule has 6 heteroatoms. The summed E-state index contributed by atoms with van der Waals surface area (Å²) in [5.41, 5.74) is 3.72. The lowest BCUT2D eigenvalue weighted by Crippen LogP contribution is -3.00. The van der Waals surface area contributed by atoms with Gasteiger partial charge in [0.25, 0.3) is 5.91 Å². The molecule has 6 rings (SSSR count). The highest BCUT2D eigenvalue weighted by Gasteiger charge is 2.54. The monoisotopic (exact) mass is 563 g/mol. The largest absolute Gasteiger partial charge is 1.00 e. The van der Waals surface area contributed by atoms with Gasteiger partial charge < -0.3 is 31.9 Å². The van der Waals surface area contributed by atoms with Crippen molar-refractivity contribution in [2.24, 2.45) is 11.8 Å². The Morgan fingerprint density at radius 3 is 2.68 bits per heavy atom. The van der Waals surface area contributed by atoms with E-state index in [1.54, 1.807) is 6.20 Å². The zero-order valence-corrected chi connectivity index (χ0v) is 23.6. The highest BCUT2D eigenvalue weighted by Crippen LogP contribution is 2.47. The fraction of sp³-hybridized carbons (Fsp3) is 0.419. The van der Waals surface area contributed by atoms with E-state index in [1.165, 1.54) is 0 Å². The van der Waals surface area contributed by atoms with Gasteiger partial charge in [0.15, 0.2) is 6.54 Å². The average molecular weight is 565 g/mol. The maximum atomic E-state index is 13.6. The number of halogens is 1. The highest BCUT2D eigenvalue weighted by atomic mass is 79.9. The molecule has 4 heterocycles. The number of fused-ring (bicyclic) bond motifs is 4. The van der Waals surface area contributed by atoms with Crippen molar-refractivity contribution in [3.8, 4) is 0 Å². The first kappa shape index (κ1) is 27.5. The molecular weight excluding hydrogens is 526 g/mol. The van der Waals surface area contributed by atoms with Crippen molar-refractivity contribution < 1.29 is 31.4 Å². The molecule has 0 aliphatic carbocycles. The lowest BCUT2D eigenvalue weighted by atomic mass is 9.71. The van der Waals surface area contributed by atoms with Crippen molar-refractivity contribution in [1.29, 1.82) is 0 Å². The lowest BCUT2D eigenvalue weighted by molar-refractivity contribution is -0.966. The van der Waals surface area contributed by atoms with Crippen LogP contribution in [0.15, 0.2) is 73.4 Å². The summed E-state index contributed by atoms with van der Waals surface area (Å²) in [5.74, 6) is 0.873. The van der Waals surface area contributed by atoms with E-state index in [0.717, 1.165) is 53.6 Å². The second-order valence-electron chi connectivity index (χ2n) is 11.7. The predicted octanol–water partition coefficient (Wildman–Crippen LogP) is 2.62. The molecule has 3 aliphatic heterocycles. The zero-order valence-electron chi connectivity index (χ0n) is 22.0. The summed E-state index contributed by atoms with van der Waals surface area (Å²) in [6.07, 6.45) is 5.13. The quantitative estimate of drug-likeness (QED) is 0.358. The van der Waals surface area contributed by atoms with E-state index in [2.05, 4.69) is 49.8 Å². The smallest absolute Gasteiger partial charge is 0.279 e. The number of hydrogen-bond acceptors (Lipinski definition) is 3. The van der Waals surface area contributed by atoms with Crippen LogP contribution in [0, 0.1) is 11.8 Å². The van der Waals surface area contributed by atoms with Crippen LogP contribution in [-0.4, -0.2) is 46.2 Å². The van der Waals surface area contributed by atoms with Gasteiger partial charge in [0.1, 0.15) is 12.1 Å². The molecule has 196 valence electrons. The fourth-order valence-electron chi connectivity index (χ4n) is 6.69. The number of rotatable bonds is 6. The van der Waals surface area contributed by atoms with Crippen molar-refractivity contribution in [2.75, 3.05) is 25.0 Å². The number of pyridine rings is 1. The van der Waals surface area contributed by atoms with Crippen molar-refractivity contribution in [2.45, 2.75) is 51.2 Å². The molecule has 5 nitrogen and oxygen atoms in total. The molecule has 2 aromatic carbocycles. The summed E-state index contributed by atoms with van der Waals surface area (Å²) in [6.45, 7) is 12.7. The Morgan fingerprint density at radius 2 is 1.92 bits per heavy atom. The number of quaternary nitrogens is 1. The fourth-order valence-corrected chi connectivity index (χ4v) is 6.69. The molecule has 0 radical (unpaired) electrons. The van der Waals surface area contributed by atoms with Crippen LogP contribution in [0.25, 0.3) is 10.9 Å². The van der Waals surface area contributed by atoms with Gasteiger partial charge in [-0.1, -0.05) is 63.2 Å². The number of carbonyl (C=O) groups is 1. The number of aliphatic hydroxyl groups is 1. The predicted molar refractivity (Wildman–Crippen MR) is 146 cm³/mol. The van der Waals surface area contributed by atoms with Crippen LogP contribution in [0.2, 0.25) is 0 Å². The van der Waals surface area contributed by atoms with Gasteiger partial charge >= 0.3 is 0 Å². The topological polar surface area (TPSA) is 62.2 Å². The molecule has 1 aromatic heterocycles. The van der Waals surface area contributed by atoms with E-state index in [1.807, 2.05) is 48.5 Å². The number of piperidine rings is 3. The van der Waals surface area contributed by atoms with Gasteiger partial charge in [-0.2, -0.15) is 0 Å². The van der Waals surface area contributed by atoms with Gasteiger partial charge in [-0.15, -0.1) is 6.58 Å². The van der Waals surface area contributed by atoms with Gasteiger partial charge in [-0.3, -0.25) is 9.78 Å². The van der Waals surface area contributed by atoms with Gasteiger partial charge in [0.05, 0.1) is 18.6 Å². The third-order valence-electron chi connectivity index (χ3n) is 8.51. The zero-order chi connectivity index (χ0) is 25.5. The maximum Gasteiger partial charge on any atom is 0.279 e. The van der Waals surface area contributed by atoms with E-state index in [9.17, 15) is 9.90 Å². The summed E-state index contributed by atoms with van der Waals surface area (Å²) in [5, 5.41) is 16.1. The molecule has 2 N–H and O–H groups in total. The Kier molecular flexibility index (Phi) is 7.93. The second-order valence-corrected chi connectivity index (χ2v) is 11.7. The number of para-hydroxylation sites is 2. The minimum absolute atomic E-state index is 0. The number of hydrogen-bond donors (Lipinski definition) is 2. The number of benzene rings is 2. The van der Waals surface area contributed by atoms with E-state index in [-0.39, 0.29) is 34.3 Å². The second kappa shape index (κ2) is 10.7. The molecular formula is C31H38BrN3O2. The number of aliphatic hydroxyl groups excluding tert-OH is 1. The Hall–Kier alpha value is -2.54. The minimum atomic E-state index is -0.666. The Labute approximate surface area is 231 Å². The first-order chi connectivity index (χ1) is 17.2. The highest BCUT2D eigenvalue weighted by molar-refractivity contribution is 5.92. The van der Waals surface area contributed by atoms with E-state index in [0.29, 0.717) is 22.9 Å². The van der Waals surface area contributed by atoms with Crippen LogP contribution in [0.4, 0.5) is 5.69 Å². The van der Waals surface area contributed by atoms with Crippen molar-refractivity contribution in [1.82, 2.24) is 4.98 Å². The molecule has 0 saturated carbocycles. The molecule has 37 heavy (non-hydrogen) atoms. The van der Waals surface area contributed by atoms with Gasteiger partial charge in [0.2, 0.25) is 0 Å². The number of amides is 1. The molecule has 3 fully saturated rings. The first-order valence-electron chi connectivity index (χ1n) is 13.1. The van der Waals surface area contributed by atoms with Crippen molar-refractivity contribution in [3.05, 3.63) is 84.6 Å². The summed E-state index contributed by atoms with van der Waals surface area (Å²) >= 11 is 0. The molecule has 3 aliphatic rings. The number of anilines is 1. The van der Waals surface area contributed by atoms with Crippen molar-refractivity contribution in [3.63, 3.8) is 0 Å².